The van der Waals surface area contributed by atoms with Crippen molar-refractivity contribution in [1.29, 1.82) is 0 Å². The zero-order valence-corrected chi connectivity index (χ0v) is 18.1. The van der Waals surface area contributed by atoms with Crippen molar-refractivity contribution >= 4 is 38.9 Å². The molecule has 2 nitrogen and oxygen atoms in total. The van der Waals surface area contributed by atoms with E-state index in [0.717, 1.165) is 42.4 Å². The van der Waals surface area contributed by atoms with Crippen LogP contribution in [0.3, 0.4) is 0 Å². The number of aryl methyl sites for hydroxylation is 1. The molecule has 3 aromatic carbocycles. The number of thiocarbonyl (C=S) groups is 1. The van der Waals surface area contributed by atoms with Gasteiger partial charge in [-0.1, -0.05) is 58.4 Å². The number of fused-ring (bicyclic) bond motifs is 3. The van der Waals surface area contributed by atoms with Crippen LogP contribution in [0.4, 0.5) is 5.69 Å². The predicted octanol–water partition coefficient (Wildman–Crippen LogP) is 6.33. The molecule has 142 valence electrons. The SMILES string of the molecule is S=C(NCCCCc1ccccc1)Nc1ccc2c(c1)Cc1cc(Br)ccc1-2. The molecule has 0 aromatic heterocycles. The normalized spacial score (nSPS) is 11.6. The molecule has 1 aliphatic carbocycles. The van der Waals surface area contributed by atoms with E-state index >= 15 is 0 Å². The third-order valence-corrected chi connectivity index (χ3v) is 5.86. The molecule has 28 heavy (non-hydrogen) atoms. The second kappa shape index (κ2) is 8.89. The van der Waals surface area contributed by atoms with E-state index in [0.29, 0.717) is 5.11 Å². The zero-order chi connectivity index (χ0) is 19.3. The second-order valence-corrected chi connectivity index (χ2v) is 8.50. The molecule has 0 saturated heterocycles. The summed E-state index contributed by atoms with van der Waals surface area (Å²) in [5, 5.41) is 7.35. The first-order valence-electron chi connectivity index (χ1n) is 9.69. The number of benzene rings is 3. The Labute approximate surface area is 180 Å². The van der Waals surface area contributed by atoms with Crippen LogP contribution in [0.1, 0.15) is 29.5 Å². The number of anilines is 1. The summed E-state index contributed by atoms with van der Waals surface area (Å²) in [5.41, 5.74) is 7.84. The summed E-state index contributed by atoms with van der Waals surface area (Å²) in [5.74, 6) is 0. The fourth-order valence-corrected chi connectivity index (χ4v) is 4.36. The van der Waals surface area contributed by atoms with E-state index in [1.807, 2.05) is 0 Å². The Morgan fingerprint density at radius 2 is 1.64 bits per heavy atom. The molecule has 4 rings (SSSR count). The number of unbranched alkanes of at least 4 members (excludes halogenated alkanes) is 1. The van der Waals surface area contributed by atoms with Crippen LogP contribution in [0.5, 0.6) is 0 Å². The van der Waals surface area contributed by atoms with E-state index in [1.54, 1.807) is 0 Å². The Bertz CT molecular complexity index is 985. The molecule has 2 N–H and O–H groups in total. The van der Waals surface area contributed by atoms with Crippen molar-refractivity contribution in [1.82, 2.24) is 5.32 Å². The lowest BCUT2D eigenvalue weighted by Crippen LogP contribution is -2.29. The largest absolute Gasteiger partial charge is 0.362 e. The van der Waals surface area contributed by atoms with Crippen LogP contribution in [0.15, 0.2) is 71.2 Å². The standard InChI is InChI=1S/C24H23BrN2S/c25-20-9-11-22-18(15-20)14-19-16-21(10-12-23(19)22)27-24(28)26-13-5-4-8-17-6-2-1-3-7-17/h1-3,6-7,9-12,15-16H,4-5,8,13-14H2,(H2,26,27,28). The van der Waals surface area contributed by atoms with Crippen molar-refractivity contribution < 1.29 is 0 Å². The number of hydrogen-bond acceptors (Lipinski definition) is 1. The maximum absolute atomic E-state index is 5.47. The highest BCUT2D eigenvalue weighted by Crippen LogP contribution is 2.38. The number of nitrogens with one attached hydrogen (secondary N) is 2. The minimum atomic E-state index is 0.693. The zero-order valence-electron chi connectivity index (χ0n) is 15.7. The molecular weight excluding hydrogens is 428 g/mol. The van der Waals surface area contributed by atoms with Gasteiger partial charge in [-0.3, -0.25) is 0 Å². The van der Waals surface area contributed by atoms with Crippen LogP contribution >= 0.6 is 28.1 Å². The Morgan fingerprint density at radius 3 is 2.46 bits per heavy atom. The first kappa shape index (κ1) is 19.2. The molecule has 0 heterocycles. The van der Waals surface area contributed by atoms with Crippen molar-refractivity contribution in [3.63, 3.8) is 0 Å². The van der Waals surface area contributed by atoms with Crippen molar-refractivity contribution in [3.05, 3.63) is 87.9 Å². The van der Waals surface area contributed by atoms with E-state index in [2.05, 4.69) is 93.3 Å². The summed E-state index contributed by atoms with van der Waals surface area (Å²) in [4.78, 5) is 0. The highest BCUT2D eigenvalue weighted by molar-refractivity contribution is 9.10. The number of hydrogen-bond donors (Lipinski definition) is 2. The summed E-state index contributed by atoms with van der Waals surface area (Å²) in [6.45, 7) is 0.892. The van der Waals surface area contributed by atoms with Gasteiger partial charge < -0.3 is 10.6 Å². The van der Waals surface area contributed by atoms with Gasteiger partial charge in [0.2, 0.25) is 0 Å². The Morgan fingerprint density at radius 1 is 0.893 bits per heavy atom. The fraction of sp³-hybridized carbons (Fsp3) is 0.208. The second-order valence-electron chi connectivity index (χ2n) is 7.17. The van der Waals surface area contributed by atoms with Gasteiger partial charge >= 0.3 is 0 Å². The van der Waals surface area contributed by atoms with Crippen LogP contribution < -0.4 is 10.6 Å². The highest BCUT2D eigenvalue weighted by Gasteiger charge is 2.18. The quantitative estimate of drug-likeness (QED) is 0.265. The average molecular weight is 451 g/mol. The van der Waals surface area contributed by atoms with Crippen molar-refractivity contribution in [2.45, 2.75) is 25.7 Å². The summed E-state index contributed by atoms with van der Waals surface area (Å²) < 4.78 is 1.13. The smallest absolute Gasteiger partial charge is 0.170 e. The van der Waals surface area contributed by atoms with Crippen LogP contribution in [0, 0.1) is 0 Å². The van der Waals surface area contributed by atoms with Gasteiger partial charge in [0.1, 0.15) is 0 Å². The molecule has 0 radical (unpaired) electrons. The van der Waals surface area contributed by atoms with Crippen molar-refractivity contribution in [2.24, 2.45) is 0 Å². The number of halogens is 1. The van der Waals surface area contributed by atoms with Gasteiger partial charge in [-0.2, -0.15) is 0 Å². The lowest BCUT2D eigenvalue weighted by atomic mass is 10.1. The van der Waals surface area contributed by atoms with E-state index in [4.69, 9.17) is 12.2 Å². The molecule has 0 aliphatic heterocycles. The molecule has 0 fully saturated rings. The van der Waals surface area contributed by atoms with Crippen molar-refractivity contribution in [2.75, 3.05) is 11.9 Å². The summed E-state index contributed by atoms with van der Waals surface area (Å²) in [7, 11) is 0. The van der Waals surface area contributed by atoms with E-state index < -0.39 is 0 Å². The molecule has 0 amide bonds. The first-order chi connectivity index (χ1) is 13.7. The van der Waals surface area contributed by atoms with Crippen molar-refractivity contribution in [3.8, 4) is 11.1 Å². The Hall–Kier alpha value is -2.17. The topological polar surface area (TPSA) is 24.1 Å². The fourth-order valence-electron chi connectivity index (χ4n) is 3.73. The average Bonchev–Trinajstić information content (AvgIpc) is 3.05. The van der Waals surface area contributed by atoms with E-state index in [1.165, 1.54) is 27.8 Å². The van der Waals surface area contributed by atoms with Gasteiger partial charge in [-0.25, -0.2) is 0 Å². The molecule has 0 bridgehead atoms. The van der Waals surface area contributed by atoms with Gasteiger partial charge in [-0.05, 0) is 90.0 Å². The van der Waals surface area contributed by atoms with E-state index in [9.17, 15) is 0 Å². The molecule has 0 atom stereocenters. The van der Waals surface area contributed by atoms with Crippen LogP contribution in [0.25, 0.3) is 11.1 Å². The first-order valence-corrected chi connectivity index (χ1v) is 10.9. The summed E-state index contributed by atoms with van der Waals surface area (Å²) in [6.07, 6.45) is 4.35. The summed E-state index contributed by atoms with van der Waals surface area (Å²) >= 11 is 9.03. The number of rotatable bonds is 6. The van der Waals surface area contributed by atoms with Crippen LogP contribution in [-0.2, 0) is 12.8 Å². The molecule has 0 spiro atoms. The highest BCUT2D eigenvalue weighted by atomic mass is 79.9. The monoisotopic (exact) mass is 450 g/mol. The predicted molar refractivity (Wildman–Crippen MR) is 126 cm³/mol. The van der Waals surface area contributed by atoms with E-state index in [-0.39, 0.29) is 0 Å². The lowest BCUT2D eigenvalue weighted by molar-refractivity contribution is 0.711. The maximum atomic E-state index is 5.47. The third-order valence-electron chi connectivity index (χ3n) is 5.12. The minimum absolute atomic E-state index is 0.693. The third kappa shape index (κ3) is 4.62. The van der Waals surface area contributed by atoms with Crippen LogP contribution in [-0.4, -0.2) is 11.7 Å². The lowest BCUT2D eigenvalue weighted by Gasteiger charge is -2.12. The molecule has 1 aliphatic rings. The van der Waals surface area contributed by atoms with Gasteiger partial charge in [0.25, 0.3) is 0 Å². The molecule has 0 saturated carbocycles. The molecular formula is C24H23BrN2S. The van der Waals surface area contributed by atoms with Gasteiger partial charge in [-0.15, -0.1) is 0 Å². The van der Waals surface area contributed by atoms with Gasteiger partial charge in [0, 0.05) is 16.7 Å². The maximum Gasteiger partial charge on any atom is 0.170 e. The minimum Gasteiger partial charge on any atom is -0.362 e. The molecule has 3 aromatic rings. The summed E-state index contributed by atoms with van der Waals surface area (Å²) in [6, 6.07) is 23.7. The van der Waals surface area contributed by atoms with Gasteiger partial charge in [0.15, 0.2) is 5.11 Å². The van der Waals surface area contributed by atoms with Gasteiger partial charge in [0.05, 0.1) is 0 Å². The molecule has 4 heteroatoms. The van der Waals surface area contributed by atoms with Crippen LogP contribution in [0.2, 0.25) is 0 Å². The Balaban J connectivity index is 1.25. The molecule has 0 unspecified atom stereocenters. The Kier molecular flexibility index (Phi) is 6.08.